The van der Waals surface area contributed by atoms with E-state index in [1.54, 1.807) is 22.9 Å². The molecule has 1 aromatic heterocycles. The van der Waals surface area contributed by atoms with Crippen LogP contribution in [0.4, 0.5) is 13.2 Å². The van der Waals surface area contributed by atoms with Crippen molar-refractivity contribution in [1.29, 1.82) is 0 Å². The van der Waals surface area contributed by atoms with Gasteiger partial charge in [0.05, 0.1) is 5.56 Å². The smallest absolute Gasteiger partial charge is 0.330 e. The number of alkyl halides is 3. The third-order valence-electron chi connectivity index (χ3n) is 2.69. The maximum absolute atomic E-state index is 12.6. The number of nitrogens with two attached hydrogens (primary N) is 1. The van der Waals surface area contributed by atoms with Crippen LogP contribution in [0.1, 0.15) is 11.3 Å². The predicted molar refractivity (Wildman–Crippen MR) is 63.5 cm³/mol. The minimum absolute atomic E-state index is 0.461. The third-order valence-corrected chi connectivity index (χ3v) is 2.69. The Morgan fingerprint density at radius 1 is 1.11 bits per heavy atom. The summed E-state index contributed by atoms with van der Waals surface area (Å²) in [6.45, 7) is 0.461. The molecule has 0 radical (unpaired) electrons. The van der Waals surface area contributed by atoms with Gasteiger partial charge >= 0.3 is 6.18 Å². The molecule has 2 aromatic rings. The summed E-state index contributed by atoms with van der Waals surface area (Å²) in [6, 6.07) is 8.91. The molecule has 1 aromatic carbocycles. The monoisotopic (exact) mass is 254 g/mol. The van der Waals surface area contributed by atoms with Crippen LogP contribution in [0, 0.1) is 0 Å². The van der Waals surface area contributed by atoms with Crippen molar-refractivity contribution in [3.63, 3.8) is 0 Å². The molecule has 0 amide bonds. The van der Waals surface area contributed by atoms with Crippen molar-refractivity contribution in [1.82, 2.24) is 4.57 Å². The molecule has 0 aliphatic heterocycles. The van der Waals surface area contributed by atoms with E-state index >= 15 is 0 Å². The first kappa shape index (κ1) is 12.7. The number of halogens is 3. The Morgan fingerprint density at radius 3 is 2.56 bits per heavy atom. The molecule has 0 aliphatic carbocycles. The number of nitrogens with zero attached hydrogens (tertiary/aromatic N) is 1. The number of hydrogen-bond acceptors (Lipinski definition) is 1. The number of rotatable bonds is 3. The Hall–Kier alpha value is -1.75. The van der Waals surface area contributed by atoms with Crippen LogP contribution < -0.4 is 5.73 Å². The molecule has 0 unspecified atom stereocenters. The average molecular weight is 254 g/mol. The van der Waals surface area contributed by atoms with Gasteiger partial charge < -0.3 is 10.3 Å². The third kappa shape index (κ3) is 2.56. The Balaban J connectivity index is 2.42. The zero-order valence-corrected chi connectivity index (χ0v) is 9.61. The molecule has 0 fully saturated rings. The fraction of sp³-hybridized carbons (Fsp3) is 0.231. The molecule has 18 heavy (non-hydrogen) atoms. The van der Waals surface area contributed by atoms with Crippen molar-refractivity contribution in [2.45, 2.75) is 12.6 Å². The summed E-state index contributed by atoms with van der Waals surface area (Å²) >= 11 is 0. The lowest BCUT2D eigenvalue weighted by Gasteiger charge is -2.12. The predicted octanol–water partition coefficient (Wildman–Crippen LogP) is 3.00. The Morgan fingerprint density at radius 2 is 1.89 bits per heavy atom. The van der Waals surface area contributed by atoms with E-state index in [2.05, 4.69) is 0 Å². The number of benzene rings is 1. The molecule has 0 saturated heterocycles. The van der Waals surface area contributed by atoms with Crippen molar-refractivity contribution in [3.05, 3.63) is 53.9 Å². The lowest BCUT2D eigenvalue weighted by Crippen LogP contribution is -2.09. The van der Waals surface area contributed by atoms with Gasteiger partial charge in [-0.3, -0.25) is 0 Å². The van der Waals surface area contributed by atoms with E-state index in [0.717, 1.165) is 17.8 Å². The summed E-state index contributed by atoms with van der Waals surface area (Å²) in [4.78, 5) is 0. The van der Waals surface area contributed by atoms with Gasteiger partial charge in [0.25, 0.3) is 0 Å². The van der Waals surface area contributed by atoms with Gasteiger partial charge in [0.2, 0.25) is 0 Å². The quantitative estimate of drug-likeness (QED) is 0.896. The maximum Gasteiger partial charge on any atom is 0.416 e. The van der Waals surface area contributed by atoms with Crippen LogP contribution in [0.5, 0.6) is 0 Å². The highest BCUT2D eigenvalue weighted by Crippen LogP contribution is 2.30. The van der Waals surface area contributed by atoms with Gasteiger partial charge in [-0.2, -0.15) is 13.2 Å². The zero-order valence-electron chi connectivity index (χ0n) is 9.61. The lowest BCUT2D eigenvalue weighted by atomic mass is 10.2. The van der Waals surface area contributed by atoms with E-state index in [0.29, 0.717) is 18.7 Å². The van der Waals surface area contributed by atoms with Gasteiger partial charge in [-0.15, -0.1) is 0 Å². The minimum Gasteiger partial charge on any atom is -0.330 e. The summed E-state index contributed by atoms with van der Waals surface area (Å²) < 4.78 is 39.6. The Bertz CT molecular complexity index is 529. The topological polar surface area (TPSA) is 30.9 Å². The first-order valence-corrected chi connectivity index (χ1v) is 5.56. The molecule has 0 saturated carbocycles. The molecule has 2 nitrogen and oxygen atoms in total. The first-order chi connectivity index (χ1) is 8.52. The van der Waals surface area contributed by atoms with Crippen LogP contribution in [0.25, 0.3) is 5.69 Å². The van der Waals surface area contributed by atoms with E-state index in [9.17, 15) is 13.2 Å². The van der Waals surface area contributed by atoms with Gasteiger partial charge in [0, 0.05) is 24.0 Å². The lowest BCUT2D eigenvalue weighted by molar-refractivity contribution is -0.137. The maximum atomic E-state index is 12.6. The van der Waals surface area contributed by atoms with Gasteiger partial charge in [-0.1, -0.05) is 6.07 Å². The van der Waals surface area contributed by atoms with Crippen LogP contribution in [0.3, 0.4) is 0 Å². The summed E-state index contributed by atoms with van der Waals surface area (Å²) in [5.41, 5.74) is 6.22. The van der Waals surface area contributed by atoms with E-state index in [1.165, 1.54) is 6.07 Å². The Kier molecular flexibility index (Phi) is 3.43. The standard InChI is InChI=1S/C13H13F3N2/c14-13(15,16)10-3-1-4-12(9-10)18-8-2-5-11(18)6-7-17/h1-5,8-9H,6-7,17H2. The molecule has 2 rings (SSSR count). The summed E-state index contributed by atoms with van der Waals surface area (Å²) in [6.07, 6.45) is -1.96. The molecule has 0 bridgehead atoms. The average Bonchev–Trinajstić information content (AvgIpc) is 2.77. The van der Waals surface area contributed by atoms with E-state index in [1.807, 2.05) is 6.07 Å². The summed E-state index contributed by atoms with van der Waals surface area (Å²) in [5, 5.41) is 0. The second-order valence-corrected chi connectivity index (χ2v) is 3.96. The van der Waals surface area contributed by atoms with Gasteiger partial charge in [-0.25, -0.2) is 0 Å². The van der Waals surface area contributed by atoms with Crippen LogP contribution in [0.2, 0.25) is 0 Å². The molecule has 1 heterocycles. The van der Waals surface area contributed by atoms with Gasteiger partial charge in [0.1, 0.15) is 0 Å². The molecule has 0 aliphatic rings. The van der Waals surface area contributed by atoms with Crippen molar-refractivity contribution >= 4 is 0 Å². The van der Waals surface area contributed by atoms with E-state index < -0.39 is 11.7 Å². The molecule has 0 atom stereocenters. The van der Waals surface area contributed by atoms with Crippen LogP contribution in [-0.2, 0) is 12.6 Å². The summed E-state index contributed by atoms with van der Waals surface area (Å²) in [5.74, 6) is 0. The van der Waals surface area contributed by atoms with Gasteiger partial charge in [0.15, 0.2) is 0 Å². The molecule has 96 valence electrons. The molecule has 2 N–H and O–H groups in total. The van der Waals surface area contributed by atoms with Crippen molar-refractivity contribution in [3.8, 4) is 5.69 Å². The van der Waals surface area contributed by atoms with Crippen LogP contribution in [0.15, 0.2) is 42.6 Å². The number of aromatic nitrogens is 1. The van der Waals surface area contributed by atoms with Crippen molar-refractivity contribution in [2.24, 2.45) is 5.73 Å². The second-order valence-electron chi connectivity index (χ2n) is 3.96. The van der Waals surface area contributed by atoms with Crippen LogP contribution in [-0.4, -0.2) is 11.1 Å². The molecule has 5 heteroatoms. The van der Waals surface area contributed by atoms with E-state index in [4.69, 9.17) is 5.73 Å². The van der Waals surface area contributed by atoms with Crippen molar-refractivity contribution < 1.29 is 13.2 Å². The van der Waals surface area contributed by atoms with Crippen LogP contribution >= 0.6 is 0 Å². The highest BCUT2D eigenvalue weighted by molar-refractivity contribution is 5.39. The zero-order chi connectivity index (χ0) is 13.2. The second kappa shape index (κ2) is 4.86. The molecular formula is C13H13F3N2. The normalized spacial score (nSPS) is 11.8. The largest absolute Gasteiger partial charge is 0.416 e. The molecular weight excluding hydrogens is 241 g/mol. The SMILES string of the molecule is NCCc1cccn1-c1cccc(C(F)(F)F)c1. The number of hydrogen-bond donors (Lipinski definition) is 1. The summed E-state index contributed by atoms with van der Waals surface area (Å²) in [7, 11) is 0. The Labute approximate surface area is 103 Å². The highest BCUT2D eigenvalue weighted by atomic mass is 19.4. The van der Waals surface area contributed by atoms with Gasteiger partial charge in [-0.05, 0) is 36.9 Å². The molecule has 0 spiro atoms. The highest BCUT2D eigenvalue weighted by Gasteiger charge is 2.30. The first-order valence-electron chi connectivity index (χ1n) is 5.56. The minimum atomic E-state index is -4.32. The fourth-order valence-electron chi connectivity index (χ4n) is 1.85. The van der Waals surface area contributed by atoms with E-state index in [-0.39, 0.29) is 0 Å². The fourth-order valence-corrected chi connectivity index (χ4v) is 1.85. The van der Waals surface area contributed by atoms with Crippen molar-refractivity contribution in [2.75, 3.05) is 6.54 Å².